The molecule has 1 fully saturated rings. The molecule has 1 aliphatic heterocycles. The summed E-state index contributed by atoms with van der Waals surface area (Å²) in [5, 5.41) is 14.0. The van der Waals surface area contributed by atoms with Gasteiger partial charge in [0.1, 0.15) is 6.07 Å². The number of carbonyl (C=O) groups excluding carboxylic acids is 2. The van der Waals surface area contributed by atoms with Crippen molar-refractivity contribution in [2.75, 3.05) is 30.5 Å². The van der Waals surface area contributed by atoms with E-state index in [9.17, 15) is 9.59 Å². The van der Waals surface area contributed by atoms with E-state index in [4.69, 9.17) is 10.00 Å². The molecular formula is C15H17N3O3S. The lowest BCUT2D eigenvalue weighted by molar-refractivity contribution is -0.136. The van der Waals surface area contributed by atoms with Crippen molar-refractivity contribution in [3.05, 3.63) is 29.8 Å². The topological polar surface area (TPSA) is 91.2 Å². The molecule has 1 aromatic carbocycles. The largest absolute Gasteiger partial charge is 0.376 e. The van der Waals surface area contributed by atoms with E-state index in [0.29, 0.717) is 17.8 Å². The number of hydrogen-bond acceptors (Lipinski definition) is 5. The van der Waals surface area contributed by atoms with Gasteiger partial charge in [0.15, 0.2) is 0 Å². The van der Waals surface area contributed by atoms with Crippen LogP contribution in [0, 0.1) is 11.3 Å². The van der Waals surface area contributed by atoms with Gasteiger partial charge in [0.05, 0.1) is 16.9 Å². The van der Waals surface area contributed by atoms with Gasteiger partial charge >= 0.3 is 11.8 Å². The summed E-state index contributed by atoms with van der Waals surface area (Å²) >= 11 is 1.76. The first-order valence-electron chi connectivity index (χ1n) is 6.81. The maximum atomic E-state index is 11.9. The third kappa shape index (κ3) is 3.78. The van der Waals surface area contributed by atoms with Crippen LogP contribution in [0.25, 0.3) is 0 Å². The minimum Gasteiger partial charge on any atom is -0.376 e. The lowest BCUT2D eigenvalue weighted by atomic mass is 10.0. The maximum absolute atomic E-state index is 11.9. The monoisotopic (exact) mass is 319 g/mol. The van der Waals surface area contributed by atoms with Crippen LogP contribution in [0.3, 0.4) is 0 Å². The number of nitrogens with one attached hydrogen (secondary N) is 2. The van der Waals surface area contributed by atoms with Crippen LogP contribution < -0.4 is 10.6 Å². The van der Waals surface area contributed by atoms with E-state index in [1.165, 1.54) is 0 Å². The first-order chi connectivity index (χ1) is 10.6. The van der Waals surface area contributed by atoms with Gasteiger partial charge in [-0.1, -0.05) is 12.1 Å². The lowest BCUT2D eigenvalue weighted by Gasteiger charge is -2.26. The number of amides is 2. The van der Waals surface area contributed by atoms with Crippen molar-refractivity contribution in [3.8, 4) is 6.07 Å². The molecule has 116 valence electrons. The molecule has 0 aliphatic carbocycles. The summed E-state index contributed by atoms with van der Waals surface area (Å²) < 4.78 is 5.47. The maximum Gasteiger partial charge on any atom is 0.313 e. The van der Waals surface area contributed by atoms with E-state index in [2.05, 4.69) is 10.6 Å². The van der Waals surface area contributed by atoms with Gasteiger partial charge in [0.2, 0.25) is 0 Å². The van der Waals surface area contributed by atoms with E-state index in [-0.39, 0.29) is 0 Å². The SMILES string of the molecule is COC1(CNC(=O)C(=O)Nc2ccccc2C#N)CCSC1. The first kappa shape index (κ1) is 16.3. The van der Waals surface area contributed by atoms with Gasteiger partial charge in [-0.15, -0.1) is 0 Å². The van der Waals surface area contributed by atoms with Crippen molar-refractivity contribution in [1.82, 2.24) is 5.32 Å². The third-order valence-corrected chi connectivity index (χ3v) is 4.80. The molecule has 6 nitrogen and oxygen atoms in total. The Morgan fingerprint density at radius 3 is 2.82 bits per heavy atom. The molecule has 1 aliphatic rings. The van der Waals surface area contributed by atoms with Crippen LogP contribution in [-0.2, 0) is 14.3 Å². The van der Waals surface area contributed by atoms with E-state index in [0.717, 1.165) is 17.9 Å². The smallest absolute Gasteiger partial charge is 0.313 e. The van der Waals surface area contributed by atoms with Crippen LogP contribution in [0.4, 0.5) is 5.69 Å². The summed E-state index contributed by atoms with van der Waals surface area (Å²) in [5.74, 6) is 0.245. The van der Waals surface area contributed by atoms with Gasteiger partial charge in [-0.3, -0.25) is 9.59 Å². The molecule has 0 spiro atoms. The van der Waals surface area contributed by atoms with Gasteiger partial charge in [0, 0.05) is 19.4 Å². The summed E-state index contributed by atoms with van der Waals surface area (Å²) in [6.07, 6.45) is 0.841. The third-order valence-electron chi connectivity index (χ3n) is 3.57. The molecule has 1 heterocycles. The second-order valence-electron chi connectivity index (χ2n) is 4.98. The predicted octanol–water partition coefficient (Wildman–Crippen LogP) is 1.14. The van der Waals surface area contributed by atoms with Crippen LogP contribution in [0.1, 0.15) is 12.0 Å². The number of nitriles is 1. The van der Waals surface area contributed by atoms with E-state index in [1.54, 1.807) is 43.1 Å². The summed E-state index contributed by atoms with van der Waals surface area (Å²) in [7, 11) is 1.61. The zero-order valence-electron chi connectivity index (χ0n) is 12.2. The second kappa shape index (κ2) is 7.29. The quantitative estimate of drug-likeness (QED) is 0.812. The summed E-state index contributed by atoms with van der Waals surface area (Å²) in [6, 6.07) is 8.49. The Hall–Kier alpha value is -2.04. The Labute approximate surface area is 133 Å². The van der Waals surface area contributed by atoms with E-state index in [1.807, 2.05) is 6.07 Å². The van der Waals surface area contributed by atoms with Gasteiger partial charge in [-0.2, -0.15) is 17.0 Å². The number of hydrogen-bond donors (Lipinski definition) is 2. The van der Waals surface area contributed by atoms with E-state index < -0.39 is 17.4 Å². The van der Waals surface area contributed by atoms with Crippen LogP contribution in [0.5, 0.6) is 0 Å². The highest BCUT2D eigenvalue weighted by atomic mass is 32.2. The van der Waals surface area contributed by atoms with Gasteiger partial charge < -0.3 is 15.4 Å². The molecule has 1 aromatic rings. The van der Waals surface area contributed by atoms with Gasteiger partial charge in [-0.25, -0.2) is 0 Å². The molecule has 2 amide bonds. The van der Waals surface area contributed by atoms with Crippen molar-refractivity contribution >= 4 is 29.3 Å². The zero-order chi connectivity index (χ0) is 16.0. The Bertz CT molecular complexity index is 606. The lowest BCUT2D eigenvalue weighted by Crippen LogP contribution is -2.47. The van der Waals surface area contributed by atoms with Crippen molar-refractivity contribution in [3.63, 3.8) is 0 Å². The minimum atomic E-state index is -0.792. The fourth-order valence-corrected chi connectivity index (χ4v) is 3.55. The number of methoxy groups -OCH3 is 1. The van der Waals surface area contributed by atoms with Crippen LogP contribution in [0.2, 0.25) is 0 Å². The fraction of sp³-hybridized carbons (Fsp3) is 0.400. The Morgan fingerprint density at radius 2 is 2.18 bits per heavy atom. The highest BCUT2D eigenvalue weighted by molar-refractivity contribution is 7.99. The van der Waals surface area contributed by atoms with Gasteiger partial charge in [0.25, 0.3) is 0 Å². The van der Waals surface area contributed by atoms with Crippen LogP contribution >= 0.6 is 11.8 Å². The molecule has 2 rings (SSSR count). The second-order valence-corrected chi connectivity index (χ2v) is 6.09. The van der Waals surface area contributed by atoms with Crippen molar-refractivity contribution in [1.29, 1.82) is 5.26 Å². The molecule has 0 radical (unpaired) electrons. The number of nitrogens with zero attached hydrogens (tertiary/aromatic N) is 1. The van der Waals surface area contributed by atoms with Crippen molar-refractivity contribution in [2.24, 2.45) is 0 Å². The zero-order valence-corrected chi connectivity index (χ0v) is 13.0. The molecule has 0 saturated carbocycles. The molecule has 1 saturated heterocycles. The molecule has 0 bridgehead atoms. The average Bonchev–Trinajstić information content (AvgIpc) is 3.02. The average molecular weight is 319 g/mol. The number of para-hydroxylation sites is 1. The fourth-order valence-electron chi connectivity index (χ4n) is 2.15. The molecule has 0 aromatic heterocycles. The summed E-state index contributed by atoms with van der Waals surface area (Å²) in [4.78, 5) is 23.8. The normalized spacial score (nSPS) is 20.2. The number of carbonyl (C=O) groups is 2. The van der Waals surface area contributed by atoms with Gasteiger partial charge in [-0.05, 0) is 24.3 Å². The predicted molar refractivity (Wildman–Crippen MR) is 84.5 cm³/mol. The molecular weight excluding hydrogens is 302 g/mol. The number of rotatable bonds is 4. The molecule has 2 N–H and O–H groups in total. The molecule has 22 heavy (non-hydrogen) atoms. The van der Waals surface area contributed by atoms with Crippen LogP contribution in [0.15, 0.2) is 24.3 Å². The standard InChI is InChI=1S/C15H17N3O3S/c1-21-15(6-7-22-10-15)9-17-13(19)14(20)18-12-5-3-2-4-11(12)8-16/h2-5H,6-7,9-10H2,1H3,(H,17,19)(H,18,20). The Morgan fingerprint density at radius 1 is 1.41 bits per heavy atom. The van der Waals surface area contributed by atoms with Crippen LogP contribution in [-0.4, -0.2) is 42.6 Å². The highest BCUT2D eigenvalue weighted by Gasteiger charge is 2.35. The Balaban J connectivity index is 1.92. The summed E-state index contributed by atoms with van der Waals surface area (Å²) in [5.41, 5.74) is 0.234. The minimum absolute atomic E-state index is 0.294. The Kier molecular flexibility index (Phi) is 5.41. The molecule has 1 atom stereocenters. The number of anilines is 1. The first-order valence-corrected chi connectivity index (χ1v) is 7.97. The van der Waals surface area contributed by atoms with Crippen molar-refractivity contribution in [2.45, 2.75) is 12.0 Å². The van der Waals surface area contributed by atoms with Crippen molar-refractivity contribution < 1.29 is 14.3 Å². The number of ether oxygens (including phenoxy) is 1. The van der Waals surface area contributed by atoms with E-state index >= 15 is 0 Å². The highest BCUT2D eigenvalue weighted by Crippen LogP contribution is 2.30. The molecule has 1 unspecified atom stereocenters. The summed E-state index contributed by atoms with van der Waals surface area (Å²) in [6.45, 7) is 0.294. The number of benzene rings is 1. The molecule has 7 heteroatoms. The number of thioether (sulfide) groups is 1.